The summed E-state index contributed by atoms with van der Waals surface area (Å²) in [6, 6.07) is 15.9. The van der Waals surface area contributed by atoms with Gasteiger partial charge in [0.05, 0.1) is 5.69 Å². The summed E-state index contributed by atoms with van der Waals surface area (Å²) >= 11 is 0. The van der Waals surface area contributed by atoms with E-state index in [1.807, 2.05) is 49.4 Å². The lowest BCUT2D eigenvalue weighted by atomic mass is 9.79. The van der Waals surface area contributed by atoms with Gasteiger partial charge in [0.1, 0.15) is 0 Å². The topological polar surface area (TPSA) is 56.4 Å². The molecule has 2 aliphatic rings. The lowest BCUT2D eigenvalue weighted by Gasteiger charge is -2.43. The predicted molar refractivity (Wildman–Crippen MR) is 105 cm³/mol. The molecule has 5 heteroatoms. The highest BCUT2D eigenvalue weighted by molar-refractivity contribution is 6.12. The summed E-state index contributed by atoms with van der Waals surface area (Å²) in [7, 11) is 1.79. The Morgan fingerprint density at radius 1 is 1.15 bits per heavy atom. The Morgan fingerprint density at radius 2 is 1.89 bits per heavy atom. The van der Waals surface area contributed by atoms with Crippen LogP contribution in [0.25, 0.3) is 10.9 Å². The van der Waals surface area contributed by atoms with E-state index in [1.165, 1.54) is 0 Å². The maximum absolute atomic E-state index is 13.7. The van der Waals surface area contributed by atoms with Gasteiger partial charge in [-0.3, -0.25) is 9.59 Å². The zero-order valence-electron chi connectivity index (χ0n) is 15.5. The lowest BCUT2D eigenvalue weighted by molar-refractivity contribution is -0.144. The van der Waals surface area contributed by atoms with Crippen molar-refractivity contribution < 1.29 is 9.59 Å². The molecule has 3 aromatic rings. The molecule has 0 saturated heterocycles. The van der Waals surface area contributed by atoms with E-state index >= 15 is 0 Å². The van der Waals surface area contributed by atoms with Gasteiger partial charge in [0, 0.05) is 42.2 Å². The van der Waals surface area contributed by atoms with E-state index in [-0.39, 0.29) is 11.8 Å². The first-order valence-corrected chi connectivity index (χ1v) is 9.39. The van der Waals surface area contributed by atoms with Gasteiger partial charge in [-0.15, -0.1) is 0 Å². The summed E-state index contributed by atoms with van der Waals surface area (Å²) < 4.78 is 0. The molecule has 1 aromatic heterocycles. The molecule has 0 saturated carbocycles. The van der Waals surface area contributed by atoms with Crippen molar-refractivity contribution in [2.75, 3.05) is 18.5 Å². The molecular formula is C22H21N3O2. The van der Waals surface area contributed by atoms with Crippen molar-refractivity contribution in [1.29, 1.82) is 0 Å². The average molecular weight is 359 g/mol. The van der Waals surface area contributed by atoms with Crippen LogP contribution in [0.15, 0.2) is 48.5 Å². The fraction of sp³-hybridized carbons (Fsp3) is 0.273. The lowest BCUT2D eigenvalue weighted by Crippen LogP contribution is -2.58. The molecule has 2 aliphatic heterocycles. The molecule has 2 aromatic carbocycles. The Bertz CT molecular complexity index is 1100. The van der Waals surface area contributed by atoms with Crippen LogP contribution < -0.4 is 4.90 Å². The van der Waals surface area contributed by atoms with Crippen molar-refractivity contribution in [3.63, 3.8) is 0 Å². The van der Waals surface area contributed by atoms with E-state index in [4.69, 9.17) is 0 Å². The van der Waals surface area contributed by atoms with Crippen molar-refractivity contribution in [2.45, 2.75) is 25.3 Å². The van der Waals surface area contributed by atoms with Gasteiger partial charge in [0.25, 0.3) is 5.91 Å². The van der Waals surface area contributed by atoms with E-state index in [1.54, 1.807) is 16.8 Å². The number of rotatable bonds is 1. The van der Waals surface area contributed by atoms with Crippen LogP contribution in [0.5, 0.6) is 0 Å². The van der Waals surface area contributed by atoms with E-state index < -0.39 is 5.54 Å². The highest BCUT2D eigenvalue weighted by Gasteiger charge is 2.59. The summed E-state index contributed by atoms with van der Waals surface area (Å²) in [5.74, 6) is -0.0734. The normalized spacial score (nSPS) is 21.0. The van der Waals surface area contributed by atoms with Crippen molar-refractivity contribution >= 4 is 28.4 Å². The van der Waals surface area contributed by atoms with Gasteiger partial charge in [-0.2, -0.15) is 0 Å². The number of H-pyrrole nitrogens is 1. The standard InChI is InChI=1S/C22H21N3O2/c1-3-19(26)25-13-12-15-14-8-4-6-10-17(14)23-20(15)22(25)16-9-5-7-11-18(16)24(2)21(22)27/h4-11,23H,3,12-13H2,1-2H3. The van der Waals surface area contributed by atoms with Crippen LogP contribution in [0.3, 0.4) is 0 Å². The molecule has 1 unspecified atom stereocenters. The summed E-state index contributed by atoms with van der Waals surface area (Å²) in [6.45, 7) is 2.39. The molecule has 136 valence electrons. The third-order valence-corrected chi connectivity index (χ3v) is 6.04. The second kappa shape index (κ2) is 5.46. The Kier molecular flexibility index (Phi) is 3.26. The van der Waals surface area contributed by atoms with Gasteiger partial charge in [-0.05, 0) is 24.1 Å². The molecule has 5 nitrogen and oxygen atoms in total. The minimum absolute atomic E-state index is 0.00207. The Morgan fingerprint density at radius 3 is 2.70 bits per heavy atom. The molecule has 0 bridgehead atoms. The Hall–Kier alpha value is -3.08. The van der Waals surface area contributed by atoms with Crippen LogP contribution in [0.2, 0.25) is 0 Å². The molecule has 1 atom stereocenters. The minimum atomic E-state index is -1.11. The van der Waals surface area contributed by atoms with Crippen LogP contribution in [0.1, 0.15) is 30.2 Å². The number of carbonyl (C=O) groups is 2. The molecular weight excluding hydrogens is 338 g/mol. The number of likely N-dealkylation sites (N-methyl/N-ethyl adjacent to an activating group) is 1. The van der Waals surface area contributed by atoms with Crippen LogP contribution in [-0.2, 0) is 21.5 Å². The highest BCUT2D eigenvalue weighted by Crippen LogP contribution is 2.51. The number of aromatic nitrogens is 1. The van der Waals surface area contributed by atoms with E-state index in [9.17, 15) is 9.59 Å². The quantitative estimate of drug-likeness (QED) is 0.725. The van der Waals surface area contributed by atoms with Gasteiger partial charge in [0.2, 0.25) is 5.91 Å². The first kappa shape index (κ1) is 16.1. The largest absolute Gasteiger partial charge is 0.355 e. The molecule has 0 aliphatic carbocycles. The summed E-state index contributed by atoms with van der Waals surface area (Å²) in [4.78, 5) is 33.7. The number of aromatic amines is 1. The SMILES string of the molecule is CCC(=O)N1CCc2c([nH]c3ccccc23)C12C(=O)N(C)c1ccccc12. The average Bonchev–Trinajstić information content (AvgIpc) is 3.19. The van der Waals surface area contributed by atoms with Crippen molar-refractivity contribution in [3.8, 4) is 0 Å². The van der Waals surface area contributed by atoms with Gasteiger partial charge >= 0.3 is 0 Å². The predicted octanol–water partition coefficient (Wildman–Crippen LogP) is 3.18. The number of nitrogens with zero attached hydrogens (tertiary/aromatic N) is 2. The molecule has 1 N–H and O–H groups in total. The van der Waals surface area contributed by atoms with E-state index in [0.717, 1.165) is 39.8 Å². The number of nitrogens with one attached hydrogen (secondary N) is 1. The highest BCUT2D eigenvalue weighted by atomic mass is 16.2. The number of hydrogen-bond donors (Lipinski definition) is 1. The van der Waals surface area contributed by atoms with E-state index in [2.05, 4.69) is 11.1 Å². The second-order valence-electron chi connectivity index (χ2n) is 7.26. The van der Waals surface area contributed by atoms with E-state index in [0.29, 0.717) is 13.0 Å². The smallest absolute Gasteiger partial charge is 0.263 e. The Labute approximate surface area is 157 Å². The van der Waals surface area contributed by atoms with Crippen molar-refractivity contribution in [2.24, 2.45) is 0 Å². The maximum Gasteiger partial charge on any atom is 0.263 e. The van der Waals surface area contributed by atoms with Crippen LogP contribution in [0.4, 0.5) is 5.69 Å². The maximum atomic E-state index is 13.7. The fourth-order valence-electron chi connectivity index (χ4n) is 4.84. The molecule has 2 amide bonds. The number of carbonyl (C=O) groups excluding carboxylic acids is 2. The van der Waals surface area contributed by atoms with Gasteiger partial charge in [0.15, 0.2) is 5.54 Å². The number of anilines is 1. The van der Waals surface area contributed by atoms with Gasteiger partial charge in [-0.1, -0.05) is 43.3 Å². The molecule has 3 heterocycles. The van der Waals surface area contributed by atoms with Crippen molar-refractivity contribution in [1.82, 2.24) is 9.88 Å². The zero-order valence-corrected chi connectivity index (χ0v) is 15.5. The number of fused-ring (bicyclic) bond motifs is 6. The second-order valence-corrected chi connectivity index (χ2v) is 7.26. The number of amides is 2. The summed E-state index contributed by atoms with van der Waals surface area (Å²) in [5.41, 5.74) is 3.63. The monoisotopic (exact) mass is 359 g/mol. The third-order valence-electron chi connectivity index (χ3n) is 6.04. The number of hydrogen-bond acceptors (Lipinski definition) is 2. The van der Waals surface area contributed by atoms with Crippen LogP contribution in [-0.4, -0.2) is 35.3 Å². The first-order valence-electron chi connectivity index (χ1n) is 9.39. The zero-order chi connectivity index (χ0) is 18.8. The van der Waals surface area contributed by atoms with Crippen LogP contribution in [0, 0.1) is 0 Å². The third kappa shape index (κ3) is 1.84. The van der Waals surface area contributed by atoms with Crippen molar-refractivity contribution in [3.05, 3.63) is 65.4 Å². The number of benzene rings is 2. The molecule has 0 radical (unpaired) electrons. The molecule has 1 spiro atoms. The summed E-state index contributed by atoms with van der Waals surface area (Å²) in [6.07, 6.45) is 1.11. The summed E-state index contributed by atoms with van der Waals surface area (Å²) in [5, 5.41) is 1.13. The van der Waals surface area contributed by atoms with Crippen LogP contribution >= 0.6 is 0 Å². The number of para-hydroxylation sites is 2. The van der Waals surface area contributed by atoms with Gasteiger partial charge < -0.3 is 14.8 Å². The van der Waals surface area contributed by atoms with Gasteiger partial charge in [-0.25, -0.2) is 0 Å². The first-order chi connectivity index (χ1) is 13.1. The molecule has 5 rings (SSSR count). The Balaban J connectivity index is 1.90. The minimum Gasteiger partial charge on any atom is -0.355 e. The molecule has 0 fully saturated rings. The molecule has 27 heavy (non-hydrogen) atoms. The fourth-order valence-corrected chi connectivity index (χ4v) is 4.84.